The molecule has 0 radical (unpaired) electrons. The molecule has 0 aliphatic heterocycles. The highest BCUT2D eigenvalue weighted by molar-refractivity contribution is 9.10. The van der Waals surface area contributed by atoms with Gasteiger partial charge >= 0.3 is 0 Å². The molecule has 2 nitrogen and oxygen atoms in total. The van der Waals surface area contributed by atoms with Crippen LogP contribution in [0.3, 0.4) is 0 Å². The van der Waals surface area contributed by atoms with E-state index in [0.29, 0.717) is 11.6 Å². The number of rotatable bonds is 2. The van der Waals surface area contributed by atoms with Gasteiger partial charge in [0, 0.05) is 15.7 Å². The van der Waals surface area contributed by atoms with Crippen molar-refractivity contribution in [2.45, 2.75) is 38.7 Å². The van der Waals surface area contributed by atoms with Crippen molar-refractivity contribution in [2.24, 2.45) is 11.8 Å². The molecule has 2 rings (SSSR count). The van der Waals surface area contributed by atoms with Gasteiger partial charge in [0.25, 0.3) is 0 Å². The van der Waals surface area contributed by atoms with E-state index in [-0.39, 0.29) is 0 Å². The van der Waals surface area contributed by atoms with Crippen LogP contribution in [0.4, 0.5) is 5.69 Å². The van der Waals surface area contributed by atoms with Gasteiger partial charge in [-0.15, -0.1) is 0 Å². The fourth-order valence-corrected chi connectivity index (χ4v) is 3.20. The molecule has 3 heteroatoms. The lowest BCUT2D eigenvalue weighted by Crippen LogP contribution is -2.21. The monoisotopic (exact) mass is 297 g/mol. The first kappa shape index (κ1) is 12.9. The summed E-state index contributed by atoms with van der Waals surface area (Å²) in [6.07, 6.45) is 4.30. The maximum atomic E-state index is 10.5. The Balaban J connectivity index is 2.18. The number of anilines is 1. The molecule has 17 heavy (non-hydrogen) atoms. The zero-order chi connectivity index (χ0) is 12.4. The van der Waals surface area contributed by atoms with Crippen molar-refractivity contribution in [1.82, 2.24) is 0 Å². The quantitative estimate of drug-likeness (QED) is 0.814. The van der Waals surface area contributed by atoms with E-state index in [4.69, 9.17) is 5.73 Å². The number of hydrogen-bond acceptors (Lipinski definition) is 2. The molecule has 1 aromatic carbocycles. The summed E-state index contributed by atoms with van der Waals surface area (Å²) in [4.78, 5) is 0. The summed E-state index contributed by atoms with van der Waals surface area (Å²) in [7, 11) is 0. The Hall–Kier alpha value is -0.540. The van der Waals surface area contributed by atoms with Gasteiger partial charge in [0.05, 0.1) is 6.10 Å². The second-order valence-electron chi connectivity index (χ2n) is 5.25. The molecule has 94 valence electrons. The second kappa shape index (κ2) is 5.40. The van der Waals surface area contributed by atoms with Crippen molar-refractivity contribution >= 4 is 21.6 Å². The molecule has 0 heterocycles. The Morgan fingerprint density at radius 1 is 1.41 bits per heavy atom. The molecule has 3 atom stereocenters. The third-order valence-electron chi connectivity index (χ3n) is 3.79. The average molecular weight is 298 g/mol. The number of nitrogens with two attached hydrogens (primary N) is 1. The van der Waals surface area contributed by atoms with E-state index in [1.54, 1.807) is 0 Å². The zero-order valence-corrected chi connectivity index (χ0v) is 11.8. The Kier molecular flexibility index (Phi) is 4.10. The van der Waals surface area contributed by atoms with Crippen molar-refractivity contribution in [3.05, 3.63) is 28.2 Å². The van der Waals surface area contributed by atoms with Crippen LogP contribution in [-0.2, 0) is 0 Å². The fourth-order valence-electron chi connectivity index (χ4n) is 2.82. The van der Waals surface area contributed by atoms with Gasteiger partial charge in [-0.25, -0.2) is 0 Å². The summed E-state index contributed by atoms with van der Waals surface area (Å²) in [6, 6.07) is 5.71. The van der Waals surface area contributed by atoms with Crippen molar-refractivity contribution in [3.63, 3.8) is 0 Å². The predicted octanol–water partition coefficient (Wildman–Crippen LogP) is 3.89. The number of nitrogen functional groups attached to an aromatic ring is 1. The molecule has 1 aliphatic carbocycles. The van der Waals surface area contributed by atoms with Gasteiger partial charge in [0.1, 0.15) is 0 Å². The summed E-state index contributed by atoms with van der Waals surface area (Å²) in [5.74, 6) is 1.08. The molecule has 0 aromatic heterocycles. The first-order valence-electron chi connectivity index (χ1n) is 6.31. The van der Waals surface area contributed by atoms with Crippen molar-refractivity contribution < 1.29 is 5.11 Å². The van der Waals surface area contributed by atoms with Crippen LogP contribution in [0.2, 0.25) is 0 Å². The van der Waals surface area contributed by atoms with Crippen molar-refractivity contribution in [3.8, 4) is 0 Å². The average Bonchev–Trinajstić information content (AvgIpc) is 2.31. The second-order valence-corrected chi connectivity index (χ2v) is 6.17. The number of benzene rings is 1. The maximum Gasteiger partial charge on any atom is 0.0838 e. The van der Waals surface area contributed by atoms with Gasteiger partial charge in [-0.2, -0.15) is 0 Å². The lowest BCUT2D eigenvalue weighted by molar-refractivity contribution is 0.0719. The van der Waals surface area contributed by atoms with E-state index in [1.807, 2.05) is 18.2 Å². The Morgan fingerprint density at radius 3 is 2.88 bits per heavy atom. The van der Waals surface area contributed by atoms with Crippen LogP contribution >= 0.6 is 15.9 Å². The Morgan fingerprint density at radius 2 is 2.18 bits per heavy atom. The molecular formula is C14H20BrNO. The van der Waals surface area contributed by atoms with Crippen LogP contribution in [0, 0.1) is 11.8 Å². The van der Waals surface area contributed by atoms with E-state index in [2.05, 4.69) is 22.9 Å². The van der Waals surface area contributed by atoms with Gasteiger partial charge in [-0.3, -0.25) is 0 Å². The van der Waals surface area contributed by atoms with Crippen molar-refractivity contribution in [2.75, 3.05) is 5.73 Å². The first-order chi connectivity index (χ1) is 8.08. The first-order valence-corrected chi connectivity index (χ1v) is 7.10. The summed E-state index contributed by atoms with van der Waals surface area (Å²) in [6.45, 7) is 2.27. The summed E-state index contributed by atoms with van der Waals surface area (Å²) in [5.41, 5.74) is 7.52. The van der Waals surface area contributed by atoms with Gasteiger partial charge in [0.2, 0.25) is 0 Å². The van der Waals surface area contributed by atoms with E-state index >= 15 is 0 Å². The molecule has 3 N–H and O–H groups in total. The lowest BCUT2D eigenvalue weighted by Gasteiger charge is -2.31. The molecule has 0 bridgehead atoms. The number of aliphatic hydroxyl groups excluding tert-OH is 1. The third kappa shape index (κ3) is 3.02. The van der Waals surface area contributed by atoms with E-state index in [0.717, 1.165) is 28.8 Å². The van der Waals surface area contributed by atoms with Gasteiger partial charge in [-0.05, 0) is 42.9 Å². The zero-order valence-electron chi connectivity index (χ0n) is 10.2. The van der Waals surface area contributed by atoms with Gasteiger partial charge < -0.3 is 10.8 Å². The highest BCUT2D eigenvalue weighted by Crippen LogP contribution is 2.39. The minimum atomic E-state index is -0.421. The molecule has 0 amide bonds. The highest BCUT2D eigenvalue weighted by atomic mass is 79.9. The fraction of sp³-hybridized carbons (Fsp3) is 0.571. The Labute approximate surface area is 111 Å². The molecule has 1 saturated carbocycles. The normalized spacial score (nSPS) is 26.8. The van der Waals surface area contributed by atoms with E-state index in [1.165, 1.54) is 12.8 Å². The van der Waals surface area contributed by atoms with Crippen LogP contribution in [-0.4, -0.2) is 5.11 Å². The van der Waals surface area contributed by atoms with Crippen LogP contribution in [0.1, 0.15) is 44.3 Å². The van der Waals surface area contributed by atoms with E-state index in [9.17, 15) is 5.11 Å². The van der Waals surface area contributed by atoms with Gasteiger partial charge in [0.15, 0.2) is 0 Å². The molecule has 0 saturated heterocycles. The van der Waals surface area contributed by atoms with Crippen LogP contribution in [0.15, 0.2) is 22.7 Å². The smallest absolute Gasteiger partial charge is 0.0838 e. The summed E-state index contributed by atoms with van der Waals surface area (Å²) >= 11 is 3.43. The summed E-state index contributed by atoms with van der Waals surface area (Å²) in [5, 5.41) is 10.5. The van der Waals surface area contributed by atoms with Crippen LogP contribution < -0.4 is 5.73 Å². The maximum absolute atomic E-state index is 10.5. The van der Waals surface area contributed by atoms with Crippen LogP contribution in [0.5, 0.6) is 0 Å². The predicted molar refractivity (Wildman–Crippen MR) is 74.6 cm³/mol. The molecule has 1 aliphatic rings. The molecule has 1 aromatic rings. The minimum Gasteiger partial charge on any atom is -0.398 e. The minimum absolute atomic E-state index is 0.357. The standard InChI is InChI=1S/C14H20BrNO/c1-9-3-2-4-10(7-9)14(17)12-8-11(15)5-6-13(12)16/h5-6,8-10,14,17H,2-4,7,16H2,1H3. The van der Waals surface area contributed by atoms with Gasteiger partial charge in [-0.1, -0.05) is 35.7 Å². The van der Waals surface area contributed by atoms with E-state index < -0.39 is 6.10 Å². The lowest BCUT2D eigenvalue weighted by atomic mass is 9.78. The van der Waals surface area contributed by atoms with Crippen LogP contribution in [0.25, 0.3) is 0 Å². The third-order valence-corrected chi connectivity index (χ3v) is 4.28. The number of aliphatic hydroxyl groups is 1. The molecule has 0 spiro atoms. The highest BCUT2D eigenvalue weighted by Gasteiger charge is 2.27. The molecule has 3 unspecified atom stereocenters. The molecular weight excluding hydrogens is 278 g/mol. The number of hydrogen-bond donors (Lipinski definition) is 2. The molecule has 1 fully saturated rings. The SMILES string of the molecule is CC1CCCC(C(O)c2cc(Br)ccc2N)C1. The summed E-state index contributed by atoms with van der Waals surface area (Å²) < 4.78 is 0.976. The largest absolute Gasteiger partial charge is 0.398 e. The Bertz CT molecular complexity index is 394. The van der Waals surface area contributed by atoms with Crippen molar-refractivity contribution in [1.29, 1.82) is 0 Å². The topological polar surface area (TPSA) is 46.2 Å². The number of halogens is 1.